The molecule has 2 nitrogen and oxygen atoms in total. The number of hydrogen-bond acceptors (Lipinski definition) is 2. The summed E-state index contributed by atoms with van der Waals surface area (Å²) < 4.78 is 14.3. The molecule has 0 saturated carbocycles. The van der Waals surface area contributed by atoms with Crippen molar-refractivity contribution in [3.63, 3.8) is 0 Å². The van der Waals surface area contributed by atoms with Gasteiger partial charge < -0.3 is 33.7 Å². The molecule has 0 aliphatic rings. The van der Waals surface area contributed by atoms with Gasteiger partial charge in [0.2, 0.25) is 16.6 Å². The van der Waals surface area contributed by atoms with Crippen LogP contribution in [0.4, 0.5) is 0 Å². The van der Waals surface area contributed by atoms with E-state index in [0.29, 0.717) is 0 Å². The van der Waals surface area contributed by atoms with Gasteiger partial charge in [-0.15, -0.1) is 80.4 Å². The Hall–Kier alpha value is -0.626. The Morgan fingerprint density at radius 3 is 1.15 bits per heavy atom. The van der Waals surface area contributed by atoms with Crippen molar-refractivity contribution in [1.29, 1.82) is 0 Å². The fourth-order valence-corrected chi connectivity index (χ4v) is 9.61. The van der Waals surface area contributed by atoms with E-state index in [1.54, 1.807) is 0 Å². The molecular formula is C32H46Cl2O2Si3Zr. The van der Waals surface area contributed by atoms with Crippen LogP contribution in [0.1, 0.15) is 41.5 Å². The van der Waals surface area contributed by atoms with E-state index in [-0.39, 0.29) is 61.1 Å². The molecule has 0 aliphatic carbocycles. The van der Waals surface area contributed by atoms with Crippen molar-refractivity contribution in [3.8, 4) is 11.5 Å². The van der Waals surface area contributed by atoms with Crippen molar-refractivity contribution in [2.24, 2.45) is 0 Å². The first kappa shape index (κ1) is 37.4. The zero-order valence-corrected chi connectivity index (χ0v) is 33.3. The molecule has 40 heavy (non-hydrogen) atoms. The van der Waals surface area contributed by atoms with Crippen LogP contribution in [-0.4, -0.2) is 24.7 Å². The molecule has 8 heteroatoms. The molecule has 0 amide bonds. The maximum atomic E-state index is 7.17. The van der Waals surface area contributed by atoms with E-state index < -0.39 is 24.7 Å². The molecule has 0 bridgehead atoms. The van der Waals surface area contributed by atoms with Gasteiger partial charge in [-0.3, -0.25) is 0 Å². The van der Waals surface area contributed by atoms with Crippen LogP contribution in [0.25, 0.3) is 21.5 Å². The Kier molecular flexibility index (Phi) is 11.7. The summed E-state index contributed by atoms with van der Waals surface area (Å²) in [6.07, 6.45) is 0. The Morgan fingerprint density at radius 2 is 0.850 bits per heavy atom. The predicted octanol–water partition coefficient (Wildman–Crippen LogP) is 3.03. The van der Waals surface area contributed by atoms with Gasteiger partial charge in [-0.2, -0.15) is 0 Å². The summed E-state index contributed by atoms with van der Waals surface area (Å²) in [5, 5.41) is 8.05. The second kappa shape index (κ2) is 12.5. The predicted molar refractivity (Wildman–Crippen MR) is 171 cm³/mol. The minimum atomic E-state index is -2.23. The first-order valence-electron chi connectivity index (χ1n) is 13.6. The second-order valence-electron chi connectivity index (χ2n) is 14.3. The summed E-state index contributed by atoms with van der Waals surface area (Å²) in [7, 11) is -6.33. The maximum Gasteiger partial charge on any atom is 4.00 e. The third-order valence-corrected chi connectivity index (χ3v) is 21.3. The largest absolute Gasteiger partial charge is 4.00 e. The van der Waals surface area contributed by atoms with Gasteiger partial charge in [-0.05, 0) is 47.8 Å². The Bertz CT molecular complexity index is 1330. The number of halogens is 2. The molecular weight excluding hydrogens is 663 g/mol. The van der Waals surface area contributed by atoms with Crippen LogP contribution in [0, 0.1) is 0 Å². The molecule has 0 N–H and O–H groups in total. The average Bonchev–Trinajstić information content (AvgIpc) is 3.32. The quantitative estimate of drug-likeness (QED) is 0.227. The van der Waals surface area contributed by atoms with E-state index in [1.165, 1.54) is 31.9 Å². The molecule has 0 spiro atoms. The second-order valence-corrected chi connectivity index (χ2v) is 28.1. The van der Waals surface area contributed by atoms with Crippen molar-refractivity contribution in [2.45, 2.75) is 90.9 Å². The third kappa shape index (κ3) is 6.78. The molecule has 0 atom stereocenters. The Balaban J connectivity index is 0.00000267. The van der Waals surface area contributed by atoms with Crippen LogP contribution >= 0.6 is 0 Å². The van der Waals surface area contributed by atoms with Gasteiger partial charge in [0, 0.05) is 0 Å². The number of fused-ring (bicyclic) bond motifs is 2. The number of benzene rings is 2. The number of hydrogen-bond donors (Lipinski definition) is 0. The van der Waals surface area contributed by atoms with E-state index in [4.69, 9.17) is 8.85 Å². The molecule has 4 aromatic rings. The summed E-state index contributed by atoms with van der Waals surface area (Å²) in [5.74, 6) is 2.23. The zero-order valence-electron chi connectivity index (χ0n) is 26.3. The van der Waals surface area contributed by atoms with Crippen molar-refractivity contribution in [1.82, 2.24) is 0 Å². The van der Waals surface area contributed by atoms with Gasteiger partial charge in [0.15, 0.2) is 0 Å². The van der Waals surface area contributed by atoms with Gasteiger partial charge >= 0.3 is 26.2 Å². The molecule has 4 aromatic carbocycles. The molecule has 0 unspecified atom stereocenters. The zero-order chi connectivity index (χ0) is 27.6. The average molecular weight is 709 g/mol. The molecule has 0 aromatic heterocycles. The number of rotatable bonds is 6. The standard InChI is InChI=1S/C32H46O2Si3.2ClH.Zr/c1-31(2,3)36(9,10)33-29-25-19-15-13-17-23(25)21-27(29)35(7,8)28-22-24-18-14-16-20-26(24)30(28)34-37(11,12)32(4,5)6;;;/h13-22H,1-12H3;2*1H;/q-2;;;+4/p-2. The fourth-order valence-electron chi connectivity index (χ4n) is 4.50. The van der Waals surface area contributed by atoms with Gasteiger partial charge in [0.25, 0.3) is 0 Å². The van der Waals surface area contributed by atoms with E-state index >= 15 is 0 Å². The fraction of sp³-hybridized carbons (Fsp3) is 0.438. The van der Waals surface area contributed by atoms with Crippen molar-refractivity contribution < 1.29 is 59.9 Å². The smallest absolute Gasteiger partial charge is 1.00 e. The molecule has 0 saturated heterocycles. The normalized spacial score (nSPS) is 12.9. The van der Waals surface area contributed by atoms with E-state index in [1.807, 2.05) is 0 Å². The minimum Gasteiger partial charge on any atom is -1.00 e. The van der Waals surface area contributed by atoms with Gasteiger partial charge in [0.05, 0.1) is 8.07 Å². The summed E-state index contributed by atoms with van der Waals surface area (Å²) in [4.78, 5) is 0. The maximum absolute atomic E-state index is 7.17. The van der Waals surface area contributed by atoms with Crippen LogP contribution < -0.4 is 44.0 Å². The van der Waals surface area contributed by atoms with Crippen molar-refractivity contribution in [2.75, 3.05) is 0 Å². The van der Waals surface area contributed by atoms with Crippen LogP contribution in [0.5, 0.6) is 11.5 Å². The summed E-state index contributed by atoms with van der Waals surface area (Å²) in [6, 6.07) is 22.3. The van der Waals surface area contributed by atoms with Crippen LogP contribution in [-0.2, 0) is 26.2 Å². The van der Waals surface area contributed by atoms with Crippen molar-refractivity contribution >= 4 is 56.6 Å². The molecule has 4 rings (SSSR count). The van der Waals surface area contributed by atoms with E-state index in [2.05, 4.69) is 141 Å². The molecule has 0 heterocycles. The summed E-state index contributed by atoms with van der Waals surface area (Å²) in [6.45, 7) is 28.3. The van der Waals surface area contributed by atoms with E-state index in [0.717, 1.165) is 11.5 Å². The topological polar surface area (TPSA) is 18.5 Å². The first-order chi connectivity index (χ1) is 16.9. The summed E-state index contributed by atoms with van der Waals surface area (Å²) >= 11 is 0. The van der Waals surface area contributed by atoms with E-state index in [9.17, 15) is 0 Å². The summed E-state index contributed by atoms with van der Waals surface area (Å²) in [5.41, 5.74) is 0. The Labute approximate surface area is 277 Å². The van der Waals surface area contributed by atoms with Crippen LogP contribution in [0.3, 0.4) is 0 Å². The SMILES string of the molecule is CC(C)(C)[Si](C)(C)Oc1c([Si](C)(C)c2[cH-]c3ccccc3c2O[Si](C)(C)C(C)(C)C)[cH-]c2ccccc12.[Cl-].[Cl-].[Zr+4]. The van der Waals surface area contributed by atoms with Crippen LogP contribution in [0.15, 0.2) is 60.7 Å². The molecule has 0 aliphatic heterocycles. The van der Waals surface area contributed by atoms with Crippen molar-refractivity contribution in [3.05, 3.63) is 60.7 Å². The third-order valence-electron chi connectivity index (χ3n) is 9.17. The molecule has 0 fully saturated rings. The first-order valence-corrected chi connectivity index (χ1v) is 22.4. The minimum absolute atomic E-state index is 0. The Morgan fingerprint density at radius 1 is 0.550 bits per heavy atom. The molecule has 216 valence electrons. The van der Waals surface area contributed by atoms with Gasteiger partial charge in [-0.1, -0.05) is 66.8 Å². The van der Waals surface area contributed by atoms with Crippen LogP contribution in [0.2, 0.25) is 49.4 Å². The van der Waals surface area contributed by atoms with Gasteiger partial charge in [0.1, 0.15) is 0 Å². The monoisotopic (exact) mass is 706 g/mol. The molecule has 0 radical (unpaired) electrons. The van der Waals surface area contributed by atoms with Gasteiger partial charge in [-0.25, -0.2) is 0 Å².